The molecule has 0 aliphatic carbocycles. The third-order valence-corrected chi connectivity index (χ3v) is 3.90. The topological polar surface area (TPSA) is 58.6 Å². The van der Waals surface area contributed by atoms with Crippen molar-refractivity contribution in [1.29, 1.82) is 0 Å². The first-order valence-electron chi connectivity index (χ1n) is 7.32. The molecule has 1 aromatic carbocycles. The maximum absolute atomic E-state index is 11.2. The van der Waals surface area contributed by atoms with E-state index in [-0.39, 0.29) is 0 Å². The highest BCUT2D eigenvalue weighted by molar-refractivity contribution is 5.91. The third-order valence-electron chi connectivity index (χ3n) is 3.90. The first kappa shape index (κ1) is 14.9. The van der Waals surface area contributed by atoms with Crippen LogP contribution in [0.1, 0.15) is 48.5 Å². The van der Waals surface area contributed by atoms with Gasteiger partial charge < -0.3 is 15.2 Å². The molecule has 1 heterocycles. The van der Waals surface area contributed by atoms with Crippen molar-refractivity contribution >= 4 is 11.7 Å². The minimum atomic E-state index is -0.873. The molecule has 1 aromatic rings. The van der Waals surface area contributed by atoms with E-state index < -0.39 is 5.97 Å². The molecule has 0 aromatic heterocycles. The van der Waals surface area contributed by atoms with Crippen molar-refractivity contribution in [3.05, 3.63) is 29.3 Å². The van der Waals surface area contributed by atoms with Gasteiger partial charge in [-0.3, -0.25) is 0 Å². The number of rotatable bonds is 5. The van der Waals surface area contributed by atoms with Crippen molar-refractivity contribution < 1.29 is 14.6 Å². The van der Waals surface area contributed by atoms with E-state index >= 15 is 0 Å². The van der Waals surface area contributed by atoms with E-state index in [1.807, 2.05) is 13.0 Å². The Labute approximate surface area is 120 Å². The lowest BCUT2D eigenvalue weighted by atomic mass is 9.99. The summed E-state index contributed by atoms with van der Waals surface area (Å²) in [5, 5.41) is 12.6. The molecule has 2 N–H and O–H groups in total. The Balaban J connectivity index is 2.06. The van der Waals surface area contributed by atoms with Gasteiger partial charge in [-0.2, -0.15) is 0 Å². The Morgan fingerprint density at radius 2 is 2.30 bits per heavy atom. The van der Waals surface area contributed by atoms with Gasteiger partial charge in [-0.25, -0.2) is 4.79 Å². The standard InChI is InChI=1S/C16H23NO3/c1-3-5-13-10-12(8-9-20-13)17-15-7-4-6-14(11(15)2)16(18)19/h4,6-7,12-13,17H,3,5,8-10H2,1-2H3,(H,18,19). The van der Waals surface area contributed by atoms with Crippen LogP contribution in [0.4, 0.5) is 5.69 Å². The van der Waals surface area contributed by atoms with E-state index in [0.29, 0.717) is 17.7 Å². The second kappa shape index (κ2) is 6.75. The van der Waals surface area contributed by atoms with E-state index in [4.69, 9.17) is 9.84 Å². The molecule has 2 unspecified atom stereocenters. The number of hydrogen-bond donors (Lipinski definition) is 2. The SMILES string of the molecule is CCCC1CC(Nc2cccc(C(=O)O)c2C)CCO1. The van der Waals surface area contributed by atoms with Gasteiger partial charge in [-0.15, -0.1) is 0 Å². The summed E-state index contributed by atoms with van der Waals surface area (Å²) in [6.45, 7) is 4.80. The third kappa shape index (κ3) is 3.51. The quantitative estimate of drug-likeness (QED) is 0.865. The maximum atomic E-state index is 11.2. The molecule has 4 nitrogen and oxygen atoms in total. The smallest absolute Gasteiger partial charge is 0.336 e. The summed E-state index contributed by atoms with van der Waals surface area (Å²) < 4.78 is 5.74. The predicted molar refractivity (Wildman–Crippen MR) is 79.4 cm³/mol. The second-order valence-corrected chi connectivity index (χ2v) is 5.43. The highest BCUT2D eigenvalue weighted by atomic mass is 16.5. The summed E-state index contributed by atoms with van der Waals surface area (Å²) in [5.41, 5.74) is 2.10. The van der Waals surface area contributed by atoms with Gasteiger partial charge in [-0.05, 0) is 43.9 Å². The van der Waals surface area contributed by atoms with Crippen LogP contribution in [0.3, 0.4) is 0 Å². The summed E-state index contributed by atoms with van der Waals surface area (Å²) in [6.07, 6.45) is 4.51. The van der Waals surface area contributed by atoms with E-state index in [1.54, 1.807) is 12.1 Å². The number of benzene rings is 1. The van der Waals surface area contributed by atoms with E-state index in [9.17, 15) is 4.79 Å². The number of anilines is 1. The molecule has 2 atom stereocenters. The fourth-order valence-corrected chi connectivity index (χ4v) is 2.78. The van der Waals surface area contributed by atoms with Crippen molar-refractivity contribution in [1.82, 2.24) is 0 Å². The van der Waals surface area contributed by atoms with Gasteiger partial charge in [0.1, 0.15) is 0 Å². The largest absolute Gasteiger partial charge is 0.478 e. The van der Waals surface area contributed by atoms with Gasteiger partial charge in [0.15, 0.2) is 0 Å². The molecule has 1 aliphatic heterocycles. The van der Waals surface area contributed by atoms with Crippen LogP contribution in [0.5, 0.6) is 0 Å². The number of nitrogens with one attached hydrogen (secondary N) is 1. The van der Waals surface area contributed by atoms with Crippen molar-refractivity contribution in [2.75, 3.05) is 11.9 Å². The Hall–Kier alpha value is -1.55. The number of aromatic carboxylic acids is 1. The van der Waals surface area contributed by atoms with Crippen LogP contribution in [0.25, 0.3) is 0 Å². The zero-order valence-corrected chi connectivity index (χ0v) is 12.2. The van der Waals surface area contributed by atoms with Crippen LogP contribution in [0.15, 0.2) is 18.2 Å². The van der Waals surface area contributed by atoms with Gasteiger partial charge in [0.2, 0.25) is 0 Å². The maximum Gasteiger partial charge on any atom is 0.336 e. The number of carboxylic acids is 1. The number of carbonyl (C=O) groups is 1. The van der Waals surface area contributed by atoms with E-state index in [2.05, 4.69) is 12.2 Å². The molecule has 0 radical (unpaired) electrons. The molecule has 1 fully saturated rings. The van der Waals surface area contributed by atoms with Crippen molar-refractivity contribution in [3.63, 3.8) is 0 Å². The lowest BCUT2D eigenvalue weighted by Crippen LogP contribution is -2.34. The van der Waals surface area contributed by atoms with E-state index in [0.717, 1.165) is 43.5 Å². The molecule has 4 heteroatoms. The Morgan fingerprint density at radius 3 is 3.00 bits per heavy atom. The molecule has 0 saturated carbocycles. The van der Waals surface area contributed by atoms with Crippen molar-refractivity contribution in [2.24, 2.45) is 0 Å². The molecule has 110 valence electrons. The summed E-state index contributed by atoms with van der Waals surface area (Å²) in [7, 11) is 0. The monoisotopic (exact) mass is 277 g/mol. The minimum Gasteiger partial charge on any atom is -0.478 e. The average molecular weight is 277 g/mol. The summed E-state index contributed by atoms with van der Waals surface area (Å²) >= 11 is 0. The van der Waals surface area contributed by atoms with Gasteiger partial charge in [-0.1, -0.05) is 19.4 Å². The van der Waals surface area contributed by atoms with Crippen LogP contribution in [-0.2, 0) is 4.74 Å². The highest BCUT2D eigenvalue weighted by Gasteiger charge is 2.22. The van der Waals surface area contributed by atoms with Crippen LogP contribution < -0.4 is 5.32 Å². The number of ether oxygens (including phenoxy) is 1. The molecule has 0 bridgehead atoms. The van der Waals surface area contributed by atoms with Gasteiger partial charge >= 0.3 is 5.97 Å². The number of carboxylic acid groups (broad SMARTS) is 1. The van der Waals surface area contributed by atoms with Crippen LogP contribution in [0.2, 0.25) is 0 Å². The van der Waals surface area contributed by atoms with Crippen LogP contribution in [-0.4, -0.2) is 29.8 Å². The zero-order chi connectivity index (χ0) is 14.5. The predicted octanol–water partition coefficient (Wildman–Crippen LogP) is 3.45. The summed E-state index contributed by atoms with van der Waals surface area (Å²) in [5.74, 6) is -0.873. The fraction of sp³-hybridized carbons (Fsp3) is 0.562. The lowest BCUT2D eigenvalue weighted by Gasteiger charge is -2.31. The van der Waals surface area contributed by atoms with Gasteiger partial charge in [0.25, 0.3) is 0 Å². The van der Waals surface area contributed by atoms with Crippen LogP contribution >= 0.6 is 0 Å². The molecule has 1 aliphatic rings. The minimum absolute atomic E-state index is 0.328. The van der Waals surface area contributed by atoms with E-state index in [1.165, 1.54) is 0 Å². The summed E-state index contributed by atoms with van der Waals surface area (Å²) in [4.78, 5) is 11.2. The first-order valence-corrected chi connectivity index (χ1v) is 7.32. The molecule has 2 rings (SSSR count). The molecule has 0 amide bonds. The second-order valence-electron chi connectivity index (χ2n) is 5.43. The molecule has 1 saturated heterocycles. The van der Waals surface area contributed by atoms with Gasteiger partial charge in [0.05, 0.1) is 11.7 Å². The van der Waals surface area contributed by atoms with Crippen molar-refractivity contribution in [3.8, 4) is 0 Å². The Kier molecular flexibility index (Phi) is 5.01. The van der Waals surface area contributed by atoms with Gasteiger partial charge in [0, 0.05) is 18.3 Å². The molecular formula is C16H23NO3. The highest BCUT2D eigenvalue weighted by Crippen LogP contribution is 2.25. The van der Waals surface area contributed by atoms with Crippen LogP contribution in [0, 0.1) is 6.92 Å². The molecular weight excluding hydrogens is 254 g/mol. The number of hydrogen-bond acceptors (Lipinski definition) is 3. The zero-order valence-electron chi connectivity index (χ0n) is 12.2. The first-order chi connectivity index (χ1) is 9.61. The Morgan fingerprint density at radius 1 is 1.50 bits per heavy atom. The van der Waals surface area contributed by atoms with Crippen molar-refractivity contribution in [2.45, 2.75) is 51.7 Å². The summed E-state index contributed by atoms with van der Waals surface area (Å²) in [6, 6.07) is 5.75. The average Bonchev–Trinajstić information content (AvgIpc) is 2.42. The lowest BCUT2D eigenvalue weighted by molar-refractivity contribution is 0.00596. The normalized spacial score (nSPS) is 22.5. The molecule has 20 heavy (non-hydrogen) atoms. The fourth-order valence-electron chi connectivity index (χ4n) is 2.78. The molecule has 0 spiro atoms. The Bertz CT molecular complexity index is 471.